The van der Waals surface area contributed by atoms with Gasteiger partial charge in [0.25, 0.3) is 0 Å². The zero-order valence-electron chi connectivity index (χ0n) is 13.2. The maximum absolute atomic E-state index is 5.96. The highest BCUT2D eigenvalue weighted by Gasteiger charge is 2.17. The summed E-state index contributed by atoms with van der Waals surface area (Å²) in [6, 6.07) is 16.0. The van der Waals surface area contributed by atoms with E-state index in [1.54, 1.807) is 0 Å². The Bertz CT molecular complexity index is 662. The molecule has 0 spiro atoms. The maximum Gasteiger partial charge on any atom is 0.142 e. The van der Waals surface area contributed by atoms with Crippen LogP contribution in [-0.2, 0) is 11.4 Å². The minimum atomic E-state index is 0.402. The molecule has 0 bridgehead atoms. The van der Waals surface area contributed by atoms with E-state index < -0.39 is 0 Å². The molecule has 0 aliphatic heterocycles. The lowest BCUT2D eigenvalue weighted by atomic mass is 9.82. The molecular weight excluding hydrogens is 306 g/mol. The highest BCUT2D eigenvalue weighted by Crippen LogP contribution is 2.33. The number of nitrogens with zero attached hydrogens (tertiary/aromatic N) is 1. The highest BCUT2D eigenvalue weighted by molar-refractivity contribution is 6.30. The Morgan fingerprint density at radius 2 is 1.87 bits per heavy atom. The van der Waals surface area contributed by atoms with Crippen molar-refractivity contribution in [2.24, 2.45) is 5.16 Å². The fourth-order valence-corrected chi connectivity index (χ4v) is 3.40. The Morgan fingerprint density at radius 1 is 1.04 bits per heavy atom. The summed E-state index contributed by atoms with van der Waals surface area (Å²) >= 11 is 5.96. The van der Waals surface area contributed by atoms with E-state index in [1.165, 1.54) is 37.7 Å². The van der Waals surface area contributed by atoms with Gasteiger partial charge in [-0.2, -0.15) is 0 Å². The fraction of sp³-hybridized carbons (Fsp3) is 0.350. The average molecular weight is 327 g/mol. The van der Waals surface area contributed by atoms with E-state index in [2.05, 4.69) is 29.6 Å². The Labute approximate surface area is 143 Å². The fourth-order valence-electron chi connectivity index (χ4n) is 3.18. The second kappa shape index (κ2) is 8.16. The molecule has 2 aromatic rings. The summed E-state index contributed by atoms with van der Waals surface area (Å²) in [4.78, 5) is 5.38. The van der Waals surface area contributed by atoms with Gasteiger partial charge in [0.15, 0.2) is 0 Å². The predicted octanol–water partition coefficient (Wildman–Crippen LogP) is 5.82. The molecule has 1 aliphatic rings. The van der Waals surface area contributed by atoms with Gasteiger partial charge in [0.2, 0.25) is 0 Å². The molecule has 0 saturated heterocycles. The molecule has 1 aliphatic carbocycles. The number of rotatable bonds is 5. The van der Waals surface area contributed by atoms with Crippen molar-refractivity contribution in [1.29, 1.82) is 0 Å². The highest BCUT2D eigenvalue weighted by atomic mass is 35.5. The van der Waals surface area contributed by atoms with Crippen LogP contribution in [0, 0.1) is 0 Å². The van der Waals surface area contributed by atoms with Gasteiger partial charge in [-0.3, -0.25) is 0 Å². The van der Waals surface area contributed by atoms with Crippen LogP contribution >= 0.6 is 11.6 Å². The van der Waals surface area contributed by atoms with E-state index in [-0.39, 0.29) is 0 Å². The molecule has 0 heterocycles. The first-order chi connectivity index (χ1) is 11.3. The molecule has 1 saturated carbocycles. The standard InChI is InChI=1S/C20H21ClNO/c21-19-11-6-7-16(13-19)15-23-22-14-18-10-4-5-12-20(18)17-8-2-1-3-9-17/h4-7,10-13,17H,1-3,8-9,15H2. The predicted molar refractivity (Wildman–Crippen MR) is 95.0 cm³/mol. The van der Waals surface area contributed by atoms with E-state index in [4.69, 9.17) is 16.4 Å². The number of benzene rings is 2. The summed E-state index contributed by atoms with van der Waals surface area (Å²) < 4.78 is 0. The van der Waals surface area contributed by atoms with Gasteiger partial charge in [0, 0.05) is 10.6 Å². The SMILES string of the molecule is Clc1cccc(CO/N=[C]\c2ccccc2C2CCCCC2)c1. The van der Waals surface area contributed by atoms with Crippen molar-refractivity contribution in [2.45, 2.75) is 44.6 Å². The number of hydrogen-bond acceptors (Lipinski definition) is 2. The van der Waals surface area contributed by atoms with Gasteiger partial charge in [0.05, 0.1) is 0 Å². The van der Waals surface area contributed by atoms with Crippen molar-refractivity contribution in [3.63, 3.8) is 0 Å². The minimum absolute atomic E-state index is 0.402. The molecule has 1 fully saturated rings. The first-order valence-electron chi connectivity index (χ1n) is 8.24. The van der Waals surface area contributed by atoms with Crippen LogP contribution in [0.25, 0.3) is 0 Å². The van der Waals surface area contributed by atoms with E-state index in [1.807, 2.05) is 30.3 Å². The molecule has 0 atom stereocenters. The molecule has 2 aromatic carbocycles. The topological polar surface area (TPSA) is 21.6 Å². The summed E-state index contributed by atoms with van der Waals surface area (Å²) in [7, 11) is 0. The molecule has 23 heavy (non-hydrogen) atoms. The normalized spacial score (nSPS) is 15.9. The van der Waals surface area contributed by atoms with Crippen molar-refractivity contribution in [2.75, 3.05) is 0 Å². The van der Waals surface area contributed by atoms with Crippen LogP contribution < -0.4 is 0 Å². The largest absolute Gasteiger partial charge is 0.390 e. The molecule has 119 valence electrons. The van der Waals surface area contributed by atoms with Crippen molar-refractivity contribution in [3.8, 4) is 0 Å². The van der Waals surface area contributed by atoms with Crippen molar-refractivity contribution >= 4 is 17.8 Å². The Kier molecular flexibility index (Phi) is 5.71. The summed E-state index contributed by atoms with van der Waals surface area (Å²) in [6.07, 6.45) is 9.60. The summed E-state index contributed by atoms with van der Waals surface area (Å²) in [5, 5.41) is 4.74. The Balaban J connectivity index is 1.63. The van der Waals surface area contributed by atoms with Crippen LogP contribution in [0.4, 0.5) is 0 Å². The van der Waals surface area contributed by atoms with Crippen LogP contribution in [0.2, 0.25) is 5.02 Å². The van der Waals surface area contributed by atoms with Gasteiger partial charge in [-0.25, -0.2) is 0 Å². The minimum Gasteiger partial charge on any atom is -0.390 e. The first-order valence-corrected chi connectivity index (χ1v) is 8.62. The lowest BCUT2D eigenvalue weighted by Crippen LogP contribution is -2.07. The lowest BCUT2D eigenvalue weighted by molar-refractivity contribution is 0.132. The Hall–Kier alpha value is -1.80. The van der Waals surface area contributed by atoms with Crippen molar-refractivity contribution in [3.05, 3.63) is 70.2 Å². The van der Waals surface area contributed by atoms with Gasteiger partial charge in [-0.1, -0.05) is 72.4 Å². The smallest absolute Gasteiger partial charge is 0.142 e. The Morgan fingerprint density at radius 3 is 2.70 bits per heavy atom. The van der Waals surface area contributed by atoms with Crippen LogP contribution in [0.15, 0.2) is 53.7 Å². The third-order valence-electron chi connectivity index (χ3n) is 4.36. The molecule has 0 N–H and O–H groups in total. The third kappa shape index (κ3) is 4.59. The van der Waals surface area contributed by atoms with Gasteiger partial charge in [-0.15, -0.1) is 0 Å². The molecule has 0 unspecified atom stereocenters. The molecule has 2 nitrogen and oxygen atoms in total. The van der Waals surface area contributed by atoms with Crippen LogP contribution in [0.1, 0.15) is 54.7 Å². The quantitative estimate of drug-likeness (QED) is 0.501. The number of hydrogen-bond donors (Lipinski definition) is 0. The van der Waals surface area contributed by atoms with E-state index in [0.717, 1.165) is 11.1 Å². The molecule has 0 amide bonds. The summed E-state index contributed by atoms with van der Waals surface area (Å²) in [5.74, 6) is 0.635. The zero-order valence-corrected chi connectivity index (χ0v) is 13.9. The second-order valence-electron chi connectivity index (χ2n) is 6.03. The first kappa shape index (κ1) is 16.1. The molecule has 0 aromatic heterocycles. The van der Waals surface area contributed by atoms with Crippen LogP contribution in [0.3, 0.4) is 0 Å². The van der Waals surface area contributed by atoms with E-state index >= 15 is 0 Å². The monoisotopic (exact) mass is 326 g/mol. The van der Waals surface area contributed by atoms with Gasteiger partial charge in [-0.05, 0) is 42.0 Å². The van der Waals surface area contributed by atoms with Crippen molar-refractivity contribution in [1.82, 2.24) is 0 Å². The van der Waals surface area contributed by atoms with Gasteiger partial charge >= 0.3 is 0 Å². The van der Waals surface area contributed by atoms with Crippen molar-refractivity contribution < 1.29 is 4.84 Å². The second-order valence-corrected chi connectivity index (χ2v) is 6.47. The third-order valence-corrected chi connectivity index (χ3v) is 4.59. The summed E-state index contributed by atoms with van der Waals surface area (Å²) in [6.45, 7) is 0.402. The molecular formula is C20H21ClNO. The number of halogens is 1. The summed E-state index contributed by atoms with van der Waals surface area (Å²) in [5.41, 5.74) is 3.40. The van der Waals surface area contributed by atoms with Crippen LogP contribution in [0.5, 0.6) is 0 Å². The van der Waals surface area contributed by atoms with Crippen LogP contribution in [-0.4, -0.2) is 6.21 Å². The lowest BCUT2D eigenvalue weighted by Gasteiger charge is -2.23. The molecule has 3 heteroatoms. The van der Waals surface area contributed by atoms with E-state index in [9.17, 15) is 0 Å². The molecule has 3 rings (SSSR count). The van der Waals surface area contributed by atoms with E-state index in [0.29, 0.717) is 17.5 Å². The van der Waals surface area contributed by atoms with Gasteiger partial charge < -0.3 is 4.84 Å². The zero-order chi connectivity index (χ0) is 15.9. The maximum atomic E-state index is 5.96. The molecule has 1 radical (unpaired) electrons. The van der Waals surface area contributed by atoms with Gasteiger partial charge in [0.1, 0.15) is 12.8 Å². The average Bonchev–Trinajstić information content (AvgIpc) is 2.60.